The molecule has 0 unspecified atom stereocenters. The van der Waals surface area contributed by atoms with Crippen LogP contribution >= 0.6 is 0 Å². The molecule has 2 aliphatic heterocycles. The van der Waals surface area contributed by atoms with Gasteiger partial charge in [-0.3, -0.25) is 14.9 Å². The van der Waals surface area contributed by atoms with Crippen molar-refractivity contribution >= 4 is 29.1 Å². The lowest BCUT2D eigenvalue weighted by Crippen LogP contribution is -2.50. The molecule has 0 spiro atoms. The van der Waals surface area contributed by atoms with E-state index in [-0.39, 0.29) is 18.2 Å². The lowest BCUT2D eigenvalue weighted by Gasteiger charge is -2.27. The number of benzene rings is 2. The van der Waals surface area contributed by atoms with Crippen LogP contribution in [-0.4, -0.2) is 37.0 Å². The molecule has 2 N–H and O–H groups in total. The largest absolute Gasteiger partial charge is 0.494 e. The van der Waals surface area contributed by atoms with Crippen LogP contribution in [-0.2, 0) is 16.0 Å². The second-order valence-corrected chi connectivity index (χ2v) is 6.70. The molecule has 2 amide bonds. The van der Waals surface area contributed by atoms with E-state index in [0.29, 0.717) is 18.3 Å². The number of aliphatic imine (C=N–C) groups is 1. The molecule has 0 radical (unpaired) electrons. The first-order valence-electron chi connectivity index (χ1n) is 9.41. The summed E-state index contributed by atoms with van der Waals surface area (Å²) in [6, 6.07) is 14.4. The lowest BCUT2D eigenvalue weighted by molar-refractivity contribution is -0.124. The molecular formula is C21H22N4O3. The second-order valence-electron chi connectivity index (χ2n) is 6.70. The first kappa shape index (κ1) is 18.0. The van der Waals surface area contributed by atoms with Gasteiger partial charge in [0.05, 0.1) is 13.0 Å². The molecule has 4 rings (SSSR count). The number of nitrogens with one attached hydrogen (secondary N) is 2. The van der Waals surface area contributed by atoms with Crippen LogP contribution in [0.1, 0.15) is 18.9 Å². The smallest absolute Gasteiger partial charge is 0.249 e. The second kappa shape index (κ2) is 7.72. The van der Waals surface area contributed by atoms with E-state index in [1.54, 1.807) is 24.3 Å². The molecule has 0 aliphatic carbocycles. The highest BCUT2D eigenvalue weighted by atomic mass is 16.5. The van der Waals surface area contributed by atoms with Gasteiger partial charge < -0.3 is 15.0 Å². The summed E-state index contributed by atoms with van der Waals surface area (Å²) in [7, 11) is 0. The van der Waals surface area contributed by atoms with Gasteiger partial charge in [0.25, 0.3) is 0 Å². The summed E-state index contributed by atoms with van der Waals surface area (Å²) in [6.45, 7) is 3.23. The van der Waals surface area contributed by atoms with Crippen molar-refractivity contribution in [3.8, 4) is 5.75 Å². The van der Waals surface area contributed by atoms with Crippen molar-refractivity contribution in [1.82, 2.24) is 5.32 Å². The fourth-order valence-corrected chi connectivity index (χ4v) is 3.45. The molecule has 2 aliphatic rings. The van der Waals surface area contributed by atoms with Gasteiger partial charge in [0.1, 0.15) is 11.8 Å². The zero-order chi connectivity index (χ0) is 19.5. The zero-order valence-corrected chi connectivity index (χ0v) is 15.6. The normalized spacial score (nSPS) is 18.2. The molecule has 2 aromatic rings. The summed E-state index contributed by atoms with van der Waals surface area (Å²) in [5.74, 6) is 0.670. The number of guanidine groups is 1. The van der Waals surface area contributed by atoms with E-state index in [9.17, 15) is 9.59 Å². The van der Waals surface area contributed by atoms with Crippen molar-refractivity contribution < 1.29 is 14.3 Å². The summed E-state index contributed by atoms with van der Waals surface area (Å²) >= 11 is 0. The minimum atomic E-state index is -0.761. The third-order valence-corrected chi connectivity index (χ3v) is 4.79. The maximum Gasteiger partial charge on any atom is 0.249 e. The number of ether oxygens (including phenoxy) is 1. The van der Waals surface area contributed by atoms with Gasteiger partial charge in [-0.2, -0.15) is 0 Å². The Morgan fingerprint density at radius 1 is 1.25 bits per heavy atom. The molecule has 2 aromatic carbocycles. The average molecular weight is 378 g/mol. The Balaban J connectivity index is 1.50. The number of nitrogens with zero attached hydrogens (tertiary/aromatic N) is 2. The van der Waals surface area contributed by atoms with Gasteiger partial charge >= 0.3 is 0 Å². The molecule has 0 fully saturated rings. The van der Waals surface area contributed by atoms with Gasteiger partial charge in [-0.25, -0.2) is 4.99 Å². The fourth-order valence-electron chi connectivity index (χ4n) is 3.45. The Hall–Kier alpha value is -3.35. The highest BCUT2D eigenvalue weighted by molar-refractivity contribution is 6.11. The van der Waals surface area contributed by atoms with Crippen molar-refractivity contribution in [1.29, 1.82) is 0 Å². The van der Waals surface area contributed by atoms with Crippen molar-refractivity contribution in [2.24, 2.45) is 4.99 Å². The zero-order valence-electron chi connectivity index (χ0n) is 15.6. The molecule has 0 aromatic heterocycles. The van der Waals surface area contributed by atoms with Crippen LogP contribution in [0.15, 0.2) is 53.5 Å². The Morgan fingerprint density at radius 3 is 2.82 bits per heavy atom. The topological polar surface area (TPSA) is 83.0 Å². The fraction of sp³-hybridized carbons (Fsp3) is 0.286. The number of carbonyl (C=O) groups is 2. The van der Waals surface area contributed by atoms with E-state index < -0.39 is 6.04 Å². The number of rotatable bonds is 4. The standard InChI is InChI=1S/C21H22N4O3/c1-2-28-16-9-7-15(8-10-16)22-20(27)17-13-19(26)24-21(23-17)25-12-11-14-5-3-4-6-18(14)25/h3-10,17H,2,11-13H2,1H3,(H,22,27)(H,23,24,26)/t17-/m1/s1. The van der Waals surface area contributed by atoms with Gasteiger partial charge in [0.15, 0.2) is 0 Å². The summed E-state index contributed by atoms with van der Waals surface area (Å²) in [4.78, 5) is 31.4. The van der Waals surface area contributed by atoms with E-state index in [1.165, 1.54) is 5.56 Å². The predicted octanol–water partition coefficient (Wildman–Crippen LogP) is 2.33. The SMILES string of the molecule is CCOc1ccc(NC(=O)[C@H]2CC(=O)NC(N3CCc4ccccc43)=N2)cc1. The van der Waals surface area contributed by atoms with E-state index >= 15 is 0 Å². The van der Waals surface area contributed by atoms with Crippen LogP contribution in [0.4, 0.5) is 11.4 Å². The number of amides is 2. The van der Waals surface area contributed by atoms with Gasteiger partial charge in [-0.15, -0.1) is 0 Å². The van der Waals surface area contributed by atoms with E-state index in [0.717, 1.165) is 24.4 Å². The number of hydrogen-bond acceptors (Lipinski definition) is 5. The third-order valence-electron chi connectivity index (χ3n) is 4.79. The van der Waals surface area contributed by atoms with Gasteiger partial charge in [-0.05, 0) is 49.2 Å². The molecule has 7 heteroatoms. The van der Waals surface area contributed by atoms with Crippen LogP contribution in [0.25, 0.3) is 0 Å². The summed E-state index contributed by atoms with van der Waals surface area (Å²) < 4.78 is 5.40. The molecule has 2 heterocycles. The number of anilines is 2. The first-order valence-corrected chi connectivity index (χ1v) is 9.41. The molecule has 144 valence electrons. The van der Waals surface area contributed by atoms with Crippen molar-refractivity contribution in [2.75, 3.05) is 23.4 Å². The maximum atomic E-state index is 12.7. The van der Waals surface area contributed by atoms with Crippen LogP contribution in [0.2, 0.25) is 0 Å². The number of carbonyl (C=O) groups excluding carboxylic acids is 2. The van der Waals surface area contributed by atoms with E-state index in [4.69, 9.17) is 4.74 Å². The van der Waals surface area contributed by atoms with Gasteiger partial charge in [-0.1, -0.05) is 18.2 Å². The van der Waals surface area contributed by atoms with Crippen molar-refractivity contribution in [3.63, 3.8) is 0 Å². The van der Waals surface area contributed by atoms with Crippen LogP contribution in [0, 0.1) is 0 Å². The van der Waals surface area contributed by atoms with Crippen LogP contribution in [0.5, 0.6) is 5.75 Å². The summed E-state index contributed by atoms with van der Waals surface area (Å²) in [6.07, 6.45) is 0.913. The Kier molecular flexibility index (Phi) is 4.97. The van der Waals surface area contributed by atoms with E-state index in [1.807, 2.05) is 30.0 Å². The molecule has 0 saturated heterocycles. The van der Waals surface area contributed by atoms with Crippen LogP contribution in [0.3, 0.4) is 0 Å². The van der Waals surface area contributed by atoms with Gasteiger partial charge in [0, 0.05) is 17.9 Å². The summed E-state index contributed by atoms with van der Waals surface area (Å²) in [5.41, 5.74) is 2.87. The minimum absolute atomic E-state index is 0.0296. The van der Waals surface area contributed by atoms with Crippen molar-refractivity contribution in [2.45, 2.75) is 25.8 Å². The van der Waals surface area contributed by atoms with Crippen LogP contribution < -0.4 is 20.3 Å². The first-order chi connectivity index (χ1) is 13.6. The Labute approximate surface area is 163 Å². The van der Waals surface area contributed by atoms with Crippen molar-refractivity contribution in [3.05, 3.63) is 54.1 Å². The Bertz CT molecular complexity index is 924. The number of fused-ring (bicyclic) bond motifs is 1. The monoisotopic (exact) mass is 378 g/mol. The quantitative estimate of drug-likeness (QED) is 0.855. The molecule has 28 heavy (non-hydrogen) atoms. The molecular weight excluding hydrogens is 356 g/mol. The highest BCUT2D eigenvalue weighted by Crippen LogP contribution is 2.28. The predicted molar refractivity (Wildman–Crippen MR) is 108 cm³/mol. The summed E-state index contributed by atoms with van der Waals surface area (Å²) in [5, 5.41) is 5.64. The average Bonchev–Trinajstić information content (AvgIpc) is 3.13. The van der Waals surface area contributed by atoms with E-state index in [2.05, 4.69) is 21.7 Å². The maximum absolute atomic E-state index is 12.7. The third kappa shape index (κ3) is 3.69. The minimum Gasteiger partial charge on any atom is -0.494 e. The Morgan fingerprint density at radius 2 is 2.04 bits per heavy atom. The molecule has 0 bridgehead atoms. The number of para-hydroxylation sites is 1. The van der Waals surface area contributed by atoms with Gasteiger partial charge in [0.2, 0.25) is 17.8 Å². The molecule has 1 atom stereocenters. The number of hydrogen-bond donors (Lipinski definition) is 2. The molecule has 0 saturated carbocycles. The highest BCUT2D eigenvalue weighted by Gasteiger charge is 2.32. The molecule has 7 nitrogen and oxygen atoms in total. The lowest BCUT2D eigenvalue weighted by atomic mass is 10.1.